The number of nitrogens with one attached hydrogen (secondary N) is 1. The van der Waals surface area contributed by atoms with E-state index in [1.54, 1.807) is 12.4 Å². The van der Waals surface area contributed by atoms with Crippen molar-refractivity contribution in [2.24, 2.45) is 11.8 Å². The van der Waals surface area contributed by atoms with Crippen molar-refractivity contribution in [2.45, 2.75) is 25.7 Å². The van der Waals surface area contributed by atoms with Crippen LogP contribution in [0.4, 0.5) is 5.82 Å². The van der Waals surface area contributed by atoms with Gasteiger partial charge in [0.05, 0.1) is 0 Å². The van der Waals surface area contributed by atoms with E-state index in [1.807, 2.05) is 12.1 Å². The summed E-state index contributed by atoms with van der Waals surface area (Å²) in [6.45, 7) is 0.941. The van der Waals surface area contributed by atoms with Crippen molar-refractivity contribution in [1.29, 1.82) is 0 Å². The molecule has 2 atom stereocenters. The number of aromatic nitrogens is 3. The molecule has 4 nitrogen and oxygen atoms in total. The molecule has 2 unspecified atom stereocenters. The first kappa shape index (κ1) is 13.6. The van der Waals surface area contributed by atoms with Crippen LogP contribution >= 0.6 is 11.6 Å². The van der Waals surface area contributed by atoms with E-state index >= 15 is 0 Å². The molecule has 2 heterocycles. The largest absolute Gasteiger partial charge is 0.370 e. The van der Waals surface area contributed by atoms with Crippen LogP contribution in [0.25, 0.3) is 11.2 Å². The third-order valence-corrected chi connectivity index (χ3v) is 4.54. The summed E-state index contributed by atoms with van der Waals surface area (Å²) >= 11 is 6.07. The number of nitrogens with zero attached hydrogens (tertiary/aromatic N) is 3. The Labute approximate surface area is 124 Å². The Hall–Kier alpha value is -1.42. The molecule has 1 saturated carbocycles. The molecule has 2 aromatic rings. The number of fused-ring (bicyclic) bond motifs is 1. The van der Waals surface area contributed by atoms with E-state index < -0.39 is 0 Å². The number of hydrogen-bond acceptors (Lipinski definition) is 4. The lowest BCUT2D eigenvalue weighted by atomic mass is 9.80. The van der Waals surface area contributed by atoms with Gasteiger partial charge in [0.15, 0.2) is 5.65 Å². The second-order valence-corrected chi connectivity index (χ2v) is 5.74. The van der Waals surface area contributed by atoms with Gasteiger partial charge in [-0.3, -0.25) is 4.98 Å². The van der Waals surface area contributed by atoms with E-state index in [9.17, 15) is 0 Å². The molecule has 1 aliphatic rings. The molecule has 1 N–H and O–H groups in total. The summed E-state index contributed by atoms with van der Waals surface area (Å²) in [5.74, 6) is 2.93. The molecule has 0 saturated heterocycles. The maximum atomic E-state index is 6.07. The quantitative estimate of drug-likeness (QED) is 0.876. The second kappa shape index (κ2) is 6.35. The summed E-state index contributed by atoms with van der Waals surface area (Å²) in [6.07, 6.45) is 8.51. The van der Waals surface area contributed by atoms with Gasteiger partial charge in [-0.1, -0.05) is 12.8 Å². The van der Waals surface area contributed by atoms with Crippen molar-refractivity contribution in [3.05, 3.63) is 24.5 Å². The summed E-state index contributed by atoms with van der Waals surface area (Å²) in [6, 6.07) is 3.92. The molecule has 106 valence electrons. The number of pyridine rings is 1. The van der Waals surface area contributed by atoms with Crippen LogP contribution in [0.1, 0.15) is 25.7 Å². The summed E-state index contributed by atoms with van der Waals surface area (Å²) in [4.78, 5) is 13.0. The highest BCUT2D eigenvalue weighted by Gasteiger charge is 2.24. The van der Waals surface area contributed by atoms with Gasteiger partial charge in [0.25, 0.3) is 0 Å². The topological polar surface area (TPSA) is 50.7 Å². The molecule has 0 amide bonds. The standard InChI is InChI=1S/C15H19ClN4/c16-9-11-3-1-2-4-12(11)10-19-14-6-5-13-15(20-14)18-8-7-17-13/h5-8,11-12H,1-4,9-10H2,(H,18,19,20). The zero-order valence-corrected chi connectivity index (χ0v) is 12.2. The fourth-order valence-corrected chi connectivity index (χ4v) is 3.35. The summed E-state index contributed by atoms with van der Waals surface area (Å²) in [7, 11) is 0. The lowest BCUT2D eigenvalue weighted by Gasteiger charge is -2.30. The molecule has 0 radical (unpaired) electrons. The fraction of sp³-hybridized carbons (Fsp3) is 0.533. The molecule has 0 aromatic carbocycles. The number of halogens is 1. The minimum Gasteiger partial charge on any atom is -0.370 e. The second-order valence-electron chi connectivity index (χ2n) is 5.44. The smallest absolute Gasteiger partial charge is 0.180 e. The molecule has 2 aromatic heterocycles. The van der Waals surface area contributed by atoms with E-state index in [0.717, 1.165) is 23.8 Å². The first-order valence-electron chi connectivity index (χ1n) is 7.24. The van der Waals surface area contributed by atoms with Gasteiger partial charge in [-0.2, -0.15) is 0 Å². The van der Waals surface area contributed by atoms with Crippen LogP contribution in [0.3, 0.4) is 0 Å². The van der Waals surface area contributed by atoms with Crippen LogP contribution in [-0.4, -0.2) is 27.4 Å². The van der Waals surface area contributed by atoms with Crippen molar-refractivity contribution < 1.29 is 0 Å². The Morgan fingerprint density at radius 3 is 2.75 bits per heavy atom. The zero-order chi connectivity index (χ0) is 13.8. The van der Waals surface area contributed by atoms with E-state index in [4.69, 9.17) is 11.6 Å². The average Bonchev–Trinajstić information content (AvgIpc) is 2.53. The molecule has 5 heteroatoms. The minimum absolute atomic E-state index is 0.637. The monoisotopic (exact) mass is 290 g/mol. The molecule has 0 bridgehead atoms. The van der Waals surface area contributed by atoms with Crippen LogP contribution in [0.2, 0.25) is 0 Å². The van der Waals surface area contributed by atoms with Gasteiger partial charge < -0.3 is 5.32 Å². The summed E-state index contributed by atoms with van der Waals surface area (Å²) < 4.78 is 0. The number of anilines is 1. The molecule has 3 rings (SSSR count). The van der Waals surface area contributed by atoms with Gasteiger partial charge >= 0.3 is 0 Å². The maximum Gasteiger partial charge on any atom is 0.180 e. The Kier molecular flexibility index (Phi) is 4.31. The fourth-order valence-electron chi connectivity index (χ4n) is 2.94. The molecule has 1 aliphatic carbocycles. The van der Waals surface area contributed by atoms with Crippen molar-refractivity contribution in [3.63, 3.8) is 0 Å². The van der Waals surface area contributed by atoms with Crippen LogP contribution in [0.15, 0.2) is 24.5 Å². The average molecular weight is 291 g/mol. The zero-order valence-electron chi connectivity index (χ0n) is 11.4. The van der Waals surface area contributed by atoms with Gasteiger partial charge in [0, 0.05) is 24.8 Å². The molecular weight excluding hydrogens is 272 g/mol. The molecular formula is C15H19ClN4. The summed E-state index contributed by atoms with van der Waals surface area (Å²) in [5, 5.41) is 3.43. The minimum atomic E-state index is 0.637. The summed E-state index contributed by atoms with van der Waals surface area (Å²) in [5.41, 5.74) is 1.52. The highest BCUT2D eigenvalue weighted by Crippen LogP contribution is 2.31. The number of hydrogen-bond donors (Lipinski definition) is 1. The third-order valence-electron chi connectivity index (χ3n) is 4.14. The Morgan fingerprint density at radius 1 is 1.10 bits per heavy atom. The number of rotatable bonds is 4. The first-order valence-corrected chi connectivity index (χ1v) is 7.78. The SMILES string of the molecule is ClCC1CCCCC1CNc1ccc2nccnc2n1. The van der Waals surface area contributed by atoms with Crippen LogP contribution in [-0.2, 0) is 0 Å². The van der Waals surface area contributed by atoms with Crippen LogP contribution in [0.5, 0.6) is 0 Å². The third kappa shape index (κ3) is 3.01. The van der Waals surface area contributed by atoms with E-state index in [0.29, 0.717) is 17.5 Å². The first-order chi connectivity index (χ1) is 9.86. The van der Waals surface area contributed by atoms with Crippen molar-refractivity contribution >= 4 is 28.6 Å². The molecule has 0 aliphatic heterocycles. The highest BCUT2D eigenvalue weighted by atomic mass is 35.5. The van der Waals surface area contributed by atoms with E-state index in [1.165, 1.54) is 25.7 Å². The van der Waals surface area contributed by atoms with Gasteiger partial charge in [-0.05, 0) is 36.8 Å². The Balaban J connectivity index is 1.67. The van der Waals surface area contributed by atoms with Crippen molar-refractivity contribution in [1.82, 2.24) is 15.0 Å². The van der Waals surface area contributed by atoms with Gasteiger partial charge in [0.1, 0.15) is 11.3 Å². The molecule has 0 spiro atoms. The Morgan fingerprint density at radius 2 is 1.90 bits per heavy atom. The predicted octanol–water partition coefficient (Wildman–Crippen LogP) is 3.48. The number of alkyl halides is 1. The van der Waals surface area contributed by atoms with Crippen LogP contribution < -0.4 is 5.32 Å². The van der Waals surface area contributed by atoms with Gasteiger partial charge in [-0.25, -0.2) is 9.97 Å². The van der Waals surface area contributed by atoms with Crippen molar-refractivity contribution in [2.75, 3.05) is 17.7 Å². The predicted molar refractivity (Wildman–Crippen MR) is 82.0 cm³/mol. The lowest BCUT2D eigenvalue weighted by Crippen LogP contribution is -2.27. The van der Waals surface area contributed by atoms with Crippen LogP contribution in [0, 0.1) is 11.8 Å². The van der Waals surface area contributed by atoms with E-state index in [2.05, 4.69) is 20.3 Å². The normalized spacial score (nSPS) is 22.9. The lowest BCUT2D eigenvalue weighted by molar-refractivity contribution is 0.272. The Bertz CT molecular complexity index is 575. The van der Waals surface area contributed by atoms with Gasteiger partial charge in [-0.15, -0.1) is 11.6 Å². The van der Waals surface area contributed by atoms with Gasteiger partial charge in [0.2, 0.25) is 0 Å². The highest BCUT2D eigenvalue weighted by molar-refractivity contribution is 6.18. The molecule has 1 fully saturated rings. The van der Waals surface area contributed by atoms with E-state index in [-0.39, 0.29) is 0 Å². The van der Waals surface area contributed by atoms with Crippen molar-refractivity contribution in [3.8, 4) is 0 Å². The molecule has 20 heavy (non-hydrogen) atoms. The maximum absolute atomic E-state index is 6.07.